The highest BCUT2D eigenvalue weighted by Gasteiger charge is 2.09. The van der Waals surface area contributed by atoms with Gasteiger partial charge in [0.05, 0.1) is 0 Å². The van der Waals surface area contributed by atoms with Gasteiger partial charge in [0.2, 0.25) is 0 Å². The minimum atomic E-state index is 0.632. The quantitative estimate of drug-likeness (QED) is 0.581. The molecule has 0 aliphatic rings. The molecule has 0 saturated carbocycles. The number of ether oxygens (including phenoxy) is 1. The van der Waals surface area contributed by atoms with E-state index >= 15 is 0 Å². The van der Waals surface area contributed by atoms with Gasteiger partial charge in [0.15, 0.2) is 0 Å². The third kappa shape index (κ3) is 4.93. The van der Waals surface area contributed by atoms with Crippen molar-refractivity contribution in [1.29, 1.82) is 0 Å². The van der Waals surface area contributed by atoms with Gasteiger partial charge < -0.3 is 4.74 Å². The zero-order valence-corrected chi connectivity index (χ0v) is 13.2. The Morgan fingerprint density at radius 2 is 1.43 bits per heavy atom. The smallest absolute Gasteiger partial charge is 0.119 e. The topological polar surface area (TPSA) is 9.23 Å². The van der Waals surface area contributed by atoms with Crippen LogP contribution in [0.4, 0.5) is 0 Å². The van der Waals surface area contributed by atoms with Crippen LogP contribution in [0.1, 0.15) is 56.6 Å². The predicted octanol–water partition coefficient (Wildman–Crippen LogP) is 5.95. The third-order valence-corrected chi connectivity index (χ3v) is 3.87. The molecule has 0 unspecified atom stereocenters. The molecule has 0 atom stereocenters. The zero-order chi connectivity index (χ0) is 14.9. The van der Waals surface area contributed by atoms with E-state index < -0.39 is 0 Å². The van der Waals surface area contributed by atoms with Gasteiger partial charge in [-0.2, -0.15) is 0 Å². The normalized spacial score (nSPS) is 10.8. The Labute approximate surface area is 129 Å². The fraction of sp³-hybridized carbons (Fsp3) is 0.400. The maximum absolute atomic E-state index is 5.85. The van der Waals surface area contributed by atoms with E-state index in [-0.39, 0.29) is 0 Å². The number of benzene rings is 2. The van der Waals surface area contributed by atoms with Crippen LogP contribution in [0.25, 0.3) is 0 Å². The molecule has 2 aromatic carbocycles. The van der Waals surface area contributed by atoms with Crippen molar-refractivity contribution in [1.82, 2.24) is 0 Å². The Morgan fingerprint density at radius 3 is 2.00 bits per heavy atom. The summed E-state index contributed by atoms with van der Waals surface area (Å²) in [6.07, 6.45) is 5.05. The Hall–Kier alpha value is -1.76. The van der Waals surface area contributed by atoms with Crippen LogP contribution in [0.15, 0.2) is 54.6 Å². The maximum atomic E-state index is 5.85. The summed E-state index contributed by atoms with van der Waals surface area (Å²) < 4.78 is 5.85. The Bertz CT molecular complexity index is 495. The van der Waals surface area contributed by atoms with E-state index in [1.807, 2.05) is 18.2 Å². The Kier molecular flexibility index (Phi) is 6.33. The molecule has 0 heterocycles. The summed E-state index contributed by atoms with van der Waals surface area (Å²) in [6, 6.07) is 19.0. The van der Waals surface area contributed by atoms with E-state index in [0.717, 1.165) is 5.75 Å². The van der Waals surface area contributed by atoms with Crippen molar-refractivity contribution in [3.63, 3.8) is 0 Å². The number of hydrogen-bond acceptors (Lipinski definition) is 1. The van der Waals surface area contributed by atoms with E-state index in [1.54, 1.807) is 0 Å². The van der Waals surface area contributed by atoms with E-state index in [0.29, 0.717) is 12.5 Å². The summed E-state index contributed by atoms with van der Waals surface area (Å²) in [5.41, 5.74) is 2.65. The van der Waals surface area contributed by atoms with Gasteiger partial charge in [-0.1, -0.05) is 69.2 Å². The fourth-order valence-electron chi connectivity index (χ4n) is 2.75. The Morgan fingerprint density at radius 1 is 0.810 bits per heavy atom. The molecule has 0 aromatic heterocycles. The monoisotopic (exact) mass is 282 g/mol. The van der Waals surface area contributed by atoms with Crippen molar-refractivity contribution in [3.05, 3.63) is 65.7 Å². The van der Waals surface area contributed by atoms with Crippen molar-refractivity contribution >= 4 is 0 Å². The molecule has 0 N–H and O–H groups in total. The van der Waals surface area contributed by atoms with E-state index in [9.17, 15) is 0 Å². The average Bonchev–Trinajstić information content (AvgIpc) is 2.54. The van der Waals surface area contributed by atoms with Crippen LogP contribution in [0.5, 0.6) is 5.75 Å². The fourth-order valence-corrected chi connectivity index (χ4v) is 2.75. The van der Waals surface area contributed by atoms with Crippen molar-refractivity contribution in [2.24, 2.45) is 0 Å². The minimum absolute atomic E-state index is 0.632. The molecule has 0 aliphatic carbocycles. The van der Waals surface area contributed by atoms with Crippen LogP contribution < -0.4 is 4.74 Å². The second-order valence-corrected chi connectivity index (χ2v) is 5.62. The molecule has 2 rings (SSSR count). The molecule has 0 fully saturated rings. The van der Waals surface area contributed by atoms with Crippen LogP contribution in [-0.4, -0.2) is 0 Å². The molecule has 0 saturated heterocycles. The summed E-state index contributed by atoms with van der Waals surface area (Å²) >= 11 is 0. The summed E-state index contributed by atoms with van der Waals surface area (Å²) in [7, 11) is 0. The summed E-state index contributed by atoms with van der Waals surface area (Å²) in [5, 5.41) is 0. The first kappa shape index (κ1) is 15.6. The van der Waals surface area contributed by atoms with E-state index in [1.165, 1.54) is 36.8 Å². The first-order valence-corrected chi connectivity index (χ1v) is 8.10. The number of hydrogen-bond donors (Lipinski definition) is 0. The standard InChI is InChI=1S/C20H26O/c1-3-8-18(9-4-2)19-12-14-20(15-13-19)21-16-17-10-6-5-7-11-17/h5-7,10-15,18H,3-4,8-9,16H2,1-2H3. The molecule has 2 aromatic rings. The van der Waals surface area contributed by atoms with Gasteiger partial charge in [-0.15, -0.1) is 0 Å². The second-order valence-electron chi connectivity index (χ2n) is 5.62. The molecular formula is C20H26O. The molecular weight excluding hydrogens is 256 g/mol. The molecule has 1 heteroatoms. The first-order chi connectivity index (χ1) is 10.3. The van der Waals surface area contributed by atoms with Crippen LogP contribution in [0.3, 0.4) is 0 Å². The lowest BCUT2D eigenvalue weighted by Crippen LogP contribution is -1.99. The SMILES string of the molecule is CCCC(CCC)c1ccc(OCc2ccccc2)cc1. The largest absolute Gasteiger partial charge is 0.489 e. The van der Waals surface area contributed by atoms with Crippen molar-refractivity contribution < 1.29 is 4.74 Å². The van der Waals surface area contributed by atoms with Gasteiger partial charge in [0, 0.05) is 0 Å². The number of rotatable bonds is 8. The van der Waals surface area contributed by atoms with Crippen molar-refractivity contribution in [2.75, 3.05) is 0 Å². The molecule has 21 heavy (non-hydrogen) atoms. The van der Waals surface area contributed by atoms with Gasteiger partial charge in [0.25, 0.3) is 0 Å². The molecule has 0 spiro atoms. The van der Waals surface area contributed by atoms with Crippen LogP contribution >= 0.6 is 0 Å². The van der Waals surface area contributed by atoms with Crippen LogP contribution in [-0.2, 0) is 6.61 Å². The lowest BCUT2D eigenvalue weighted by Gasteiger charge is -2.16. The molecule has 0 aliphatic heterocycles. The van der Waals surface area contributed by atoms with E-state index in [4.69, 9.17) is 4.74 Å². The molecule has 0 bridgehead atoms. The first-order valence-electron chi connectivity index (χ1n) is 8.10. The highest BCUT2D eigenvalue weighted by Crippen LogP contribution is 2.27. The highest BCUT2D eigenvalue weighted by molar-refractivity contribution is 5.30. The summed E-state index contributed by atoms with van der Waals surface area (Å²) in [6.45, 7) is 5.16. The van der Waals surface area contributed by atoms with Gasteiger partial charge in [0.1, 0.15) is 12.4 Å². The van der Waals surface area contributed by atoms with Gasteiger partial charge >= 0.3 is 0 Å². The predicted molar refractivity (Wildman–Crippen MR) is 89.8 cm³/mol. The third-order valence-electron chi connectivity index (χ3n) is 3.87. The lowest BCUT2D eigenvalue weighted by atomic mass is 9.90. The van der Waals surface area contributed by atoms with Gasteiger partial charge in [-0.05, 0) is 42.0 Å². The summed E-state index contributed by atoms with van der Waals surface area (Å²) in [4.78, 5) is 0. The van der Waals surface area contributed by atoms with Gasteiger partial charge in [-0.25, -0.2) is 0 Å². The van der Waals surface area contributed by atoms with Crippen LogP contribution in [0.2, 0.25) is 0 Å². The maximum Gasteiger partial charge on any atom is 0.119 e. The molecule has 1 nitrogen and oxygen atoms in total. The minimum Gasteiger partial charge on any atom is -0.489 e. The molecule has 0 radical (unpaired) electrons. The Balaban J connectivity index is 1.94. The van der Waals surface area contributed by atoms with E-state index in [2.05, 4.69) is 50.2 Å². The highest BCUT2D eigenvalue weighted by atomic mass is 16.5. The average molecular weight is 282 g/mol. The lowest BCUT2D eigenvalue weighted by molar-refractivity contribution is 0.306. The zero-order valence-electron chi connectivity index (χ0n) is 13.2. The van der Waals surface area contributed by atoms with Crippen molar-refractivity contribution in [3.8, 4) is 5.75 Å². The van der Waals surface area contributed by atoms with Gasteiger partial charge in [-0.3, -0.25) is 0 Å². The van der Waals surface area contributed by atoms with Crippen molar-refractivity contribution in [2.45, 2.75) is 52.1 Å². The molecule has 0 amide bonds. The molecule has 112 valence electrons. The van der Waals surface area contributed by atoms with Crippen LogP contribution in [0, 0.1) is 0 Å². The second kappa shape index (κ2) is 8.51. The summed E-state index contributed by atoms with van der Waals surface area (Å²) in [5.74, 6) is 1.65.